The number of nitrogens with two attached hydrogens (primary N) is 1. The summed E-state index contributed by atoms with van der Waals surface area (Å²) in [6.07, 6.45) is 4.56. The lowest BCUT2D eigenvalue weighted by atomic mass is 9.96. The fraction of sp³-hybridized carbons (Fsp3) is 1.00. The number of alkyl halides is 1. The Hall–Kier alpha value is 0.250. The number of hydrogen-bond acceptors (Lipinski definition) is 1. The van der Waals surface area contributed by atoms with Crippen molar-refractivity contribution in [1.82, 2.24) is 0 Å². The molecule has 1 rings (SSSR count). The molecule has 0 unspecified atom stereocenters. The molecule has 1 fully saturated rings. The third kappa shape index (κ3) is 1.64. The minimum atomic E-state index is 0.360. The van der Waals surface area contributed by atoms with E-state index in [9.17, 15) is 0 Å². The maximum atomic E-state index is 5.83. The highest BCUT2D eigenvalue weighted by Gasteiger charge is 2.15. The average molecular weight is 134 g/mol. The van der Waals surface area contributed by atoms with Gasteiger partial charge < -0.3 is 5.73 Å². The van der Waals surface area contributed by atoms with E-state index in [-0.39, 0.29) is 0 Å². The molecule has 0 aliphatic heterocycles. The predicted molar refractivity (Wildman–Crippen MR) is 36.1 cm³/mol. The van der Waals surface area contributed by atoms with Crippen molar-refractivity contribution in [2.24, 2.45) is 5.73 Å². The molecule has 0 amide bonds. The van der Waals surface area contributed by atoms with Crippen LogP contribution in [-0.4, -0.2) is 11.4 Å². The van der Waals surface area contributed by atoms with Gasteiger partial charge in [0.1, 0.15) is 0 Å². The van der Waals surface area contributed by atoms with Crippen LogP contribution >= 0.6 is 11.6 Å². The molecule has 1 aliphatic rings. The molecule has 48 valence electrons. The number of halogens is 1. The lowest BCUT2D eigenvalue weighted by Gasteiger charge is -2.21. The summed E-state index contributed by atoms with van der Waals surface area (Å²) in [6.45, 7) is 0. The minimum Gasteiger partial charge on any atom is -0.328 e. The molecule has 1 aliphatic carbocycles. The maximum Gasteiger partial charge on any atom is 0.0350 e. The van der Waals surface area contributed by atoms with Gasteiger partial charge in [0, 0.05) is 11.4 Å². The van der Waals surface area contributed by atoms with Gasteiger partial charge in [-0.1, -0.05) is 6.42 Å². The lowest BCUT2D eigenvalue weighted by Crippen LogP contribution is -2.27. The van der Waals surface area contributed by atoms with Crippen LogP contribution in [0.15, 0.2) is 0 Å². The summed E-state index contributed by atoms with van der Waals surface area (Å²) in [6, 6.07) is 0.381. The largest absolute Gasteiger partial charge is 0.328 e. The smallest absolute Gasteiger partial charge is 0.0350 e. The van der Waals surface area contributed by atoms with Crippen LogP contribution in [0.4, 0.5) is 0 Å². The Labute approximate surface area is 55.2 Å². The molecule has 2 N–H and O–H groups in total. The normalized spacial score (nSPS) is 39.8. The summed E-state index contributed by atoms with van der Waals surface area (Å²) in [7, 11) is 0. The van der Waals surface area contributed by atoms with Crippen molar-refractivity contribution in [3.8, 4) is 0 Å². The van der Waals surface area contributed by atoms with E-state index < -0.39 is 0 Å². The predicted octanol–water partition coefficient (Wildman–Crippen LogP) is 1.50. The standard InChI is InChI=1S/C6H12ClN/c7-5-2-1-3-6(8)4-5/h5-6H,1-4,8H2/t5-,6-/m1/s1. The maximum absolute atomic E-state index is 5.83. The zero-order valence-corrected chi connectivity index (χ0v) is 5.69. The third-order valence-electron chi connectivity index (χ3n) is 1.65. The second-order valence-corrected chi connectivity index (χ2v) is 3.14. The molecule has 8 heavy (non-hydrogen) atoms. The quantitative estimate of drug-likeness (QED) is 0.498. The van der Waals surface area contributed by atoms with Crippen LogP contribution in [0.5, 0.6) is 0 Å². The van der Waals surface area contributed by atoms with Crippen LogP contribution in [0.3, 0.4) is 0 Å². The van der Waals surface area contributed by atoms with Gasteiger partial charge in [-0.2, -0.15) is 0 Å². The monoisotopic (exact) mass is 133 g/mol. The number of hydrogen-bond donors (Lipinski definition) is 1. The molecule has 0 saturated heterocycles. The van der Waals surface area contributed by atoms with E-state index in [1.54, 1.807) is 0 Å². The van der Waals surface area contributed by atoms with Crippen molar-refractivity contribution in [2.45, 2.75) is 37.1 Å². The zero-order chi connectivity index (χ0) is 5.98. The van der Waals surface area contributed by atoms with Gasteiger partial charge in [-0.25, -0.2) is 0 Å². The first-order chi connectivity index (χ1) is 3.79. The third-order valence-corrected chi connectivity index (χ3v) is 2.05. The highest BCUT2D eigenvalue weighted by molar-refractivity contribution is 6.20. The highest BCUT2D eigenvalue weighted by Crippen LogP contribution is 2.20. The molecule has 1 nitrogen and oxygen atoms in total. The van der Waals surface area contributed by atoms with Gasteiger partial charge in [-0.05, 0) is 19.3 Å². The van der Waals surface area contributed by atoms with E-state index in [2.05, 4.69) is 0 Å². The van der Waals surface area contributed by atoms with Gasteiger partial charge in [0.25, 0.3) is 0 Å². The highest BCUT2D eigenvalue weighted by atomic mass is 35.5. The van der Waals surface area contributed by atoms with E-state index in [1.165, 1.54) is 12.8 Å². The molecule has 2 atom stereocenters. The fourth-order valence-corrected chi connectivity index (χ4v) is 1.55. The molecule has 0 aromatic heterocycles. The van der Waals surface area contributed by atoms with Crippen molar-refractivity contribution >= 4 is 11.6 Å². The summed E-state index contributed by atoms with van der Waals surface area (Å²) in [5, 5.41) is 0.360. The molecular weight excluding hydrogens is 122 g/mol. The Kier molecular flexibility index (Phi) is 2.15. The van der Waals surface area contributed by atoms with Crippen molar-refractivity contribution < 1.29 is 0 Å². The van der Waals surface area contributed by atoms with Gasteiger partial charge in [-0.15, -0.1) is 11.6 Å². The first-order valence-corrected chi connectivity index (χ1v) is 3.62. The second-order valence-electron chi connectivity index (χ2n) is 2.52. The van der Waals surface area contributed by atoms with E-state index in [0.29, 0.717) is 11.4 Å². The molecule has 2 heteroatoms. The Morgan fingerprint density at radius 2 is 2.12 bits per heavy atom. The zero-order valence-electron chi connectivity index (χ0n) is 4.94. The van der Waals surface area contributed by atoms with Crippen molar-refractivity contribution in [3.05, 3.63) is 0 Å². The summed E-state index contributed by atoms with van der Waals surface area (Å²) in [5.74, 6) is 0. The van der Waals surface area contributed by atoms with Gasteiger partial charge in [-0.3, -0.25) is 0 Å². The van der Waals surface area contributed by atoms with Crippen molar-refractivity contribution in [3.63, 3.8) is 0 Å². The average Bonchev–Trinajstić information content (AvgIpc) is 1.64. The Morgan fingerprint density at radius 3 is 2.50 bits per heavy atom. The van der Waals surface area contributed by atoms with Crippen LogP contribution in [0.2, 0.25) is 0 Å². The molecule has 0 aromatic carbocycles. The molecule has 0 bridgehead atoms. The van der Waals surface area contributed by atoms with Gasteiger partial charge in [0.15, 0.2) is 0 Å². The fourth-order valence-electron chi connectivity index (χ4n) is 1.17. The lowest BCUT2D eigenvalue weighted by molar-refractivity contribution is 0.447. The molecule has 0 aromatic rings. The van der Waals surface area contributed by atoms with Crippen molar-refractivity contribution in [1.29, 1.82) is 0 Å². The number of rotatable bonds is 0. The van der Waals surface area contributed by atoms with Crippen LogP contribution in [0.1, 0.15) is 25.7 Å². The minimum absolute atomic E-state index is 0.360. The summed E-state index contributed by atoms with van der Waals surface area (Å²) < 4.78 is 0. The summed E-state index contributed by atoms with van der Waals surface area (Å²) in [4.78, 5) is 0. The molecule has 0 spiro atoms. The molecule has 0 radical (unpaired) electrons. The Bertz CT molecular complexity index is 66.9. The van der Waals surface area contributed by atoms with E-state index in [1.807, 2.05) is 0 Å². The summed E-state index contributed by atoms with van der Waals surface area (Å²) in [5.41, 5.74) is 5.64. The van der Waals surface area contributed by atoms with Crippen LogP contribution < -0.4 is 5.73 Å². The van der Waals surface area contributed by atoms with Gasteiger partial charge >= 0.3 is 0 Å². The van der Waals surface area contributed by atoms with Crippen LogP contribution in [0.25, 0.3) is 0 Å². The Balaban J connectivity index is 2.23. The van der Waals surface area contributed by atoms with E-state index in [0.717, 1.165) is 12.8 Å². The van der Waals surface area contributed by atoms with Crippen LogP contribution in [0, 0.1) is 0 Å². The van der Waals surface area contributed by atoms with Crippen molar-refractivity contribution in [2.75, 3.05) is 0 Å². The van der Waals surface area contributed by atoms with Gasteiger partial charge in [0.2, 0.25) is 0 Å². The van der Waals surface area contributed by atoms with Crippen LogP contribution in [-0.2, 0) is 0 Å². The first kappa shape index (κ1) is 6.37. The molecular formula is C6H12ClN. The van der Waals surface area contributed by atoms with E-state index in [4.69, 9.17) is 17.3 Å². The molecule has 0 heterocycles. The second kappa shape index (κ2) is 2.70. The first-order valence-electron chi connectivity index (χ1n) is 3.18. The Morgan fingerprint density at radius 1 is 1.38 bits per heavy atom. The summed E-state index contributed by atoms with van der Waals surface area (Å²) >= 11 is 5.83. The SMILES string of the molecule is N[C@@H]1CCC[C@@H](Cl)C1. The topological polar surface area (TPSA) is 26.0 Å². The molecule has 1 saturated carbocycles. The van der Waals surface area contributed by atoms with E-state index >= 15 is 0 Å². The van der Waals surface area contributed by atoms with Gasteiger partial charge in [0.05, 0.1) is 0 Å².